The highest BCUT2D eigenvalue weighted by molar-refractivity contribution is 6.01. The Morgan fingerprint density at radius 1 is 0.931 bits per heavy atom. The number of rotatable bonds is 6. The first-order valence-corrected chi connectivity index (χ1v) is 9.34. The van der Waals surface area contributed by atoms with Gasteiger partial charge in [-0.3, -0.25) is 4.79 Å². The van der Waals surface area contributed by atoms with Crippen molar-refractivity contribution in [1.29, 1.82) is 0 Å². The van der Waals surface area contributed by atoms with E-state index in [0.29, 0.717) is 41.6 Å². The number of methoxy groups -OCH3 is 3. The lowest BCUT2D eigenvalue weighted by Gasteiger charge is -2.27. The Kier molecular flexibility index (Phi) is 6.43. The topological polar surface area (TPSA) is 89.1 Å². The summed E-state index contributed by atoms with van der Waals surface area (Å²) in [5.74, 6) is 1.43. The van der Waals surface area contributed by atoms with E-state index in [-0.39, 0.29) is 5.91 Å². The maximum Gasteiger partial charge on any atom is 0.323 e. The van der Waals surface area contributed by atoms with Gasteiger partial charge in [-0.05, 0) is 31.0 Å². The largest absolute Gasteiger partial charge is 0.493 e. The van der Waals surface area contributed by atoms with Crippen LogP contribution < -0.4 is 29.7 Å². The van der Waals surface area contributed by atoms with Gasteiger partial charge in [0.05, 0.1) is 27.0 Å². The minimum atomic E-state index is -0.429. The molecule has 1 aliphatic heterocycles. The molecule has 0 atom stereocenters. The molecule has 0 spiro atoms. The Morgan fingerprint density at radius 2 is 1.62 bits per heavy atom. The molecule has 0 radical (unpaired) electrons. The fraction of sp³-hybridized carbons (Fsp3) is 0.333. The summed E-state index contributed by atoms with van der Waals surface area (Å²) in [5.41, 5.74) is 1.85. The number of urea groups is 1. The predicted octanol–water partition coefficient (Wildman–Crippen LogP) is 3.87. The normalized spacial score (nSPS) is 13.6. The van der Waals surface area contributed by atoms with Crippen molar-refractivity contribution in [3.05, 3.63) is 36.4 Å². The van der Waals surface area contributed by atoms with Crippen LogP contribution in [0.15, 0.2) is 36.4 Å². The number of hydrogen-bond acceptors (Lipinski definition) is 5. The number of carbonyl (C=O) groups is 2. The van der Waals surface area contributed by atoms with Crippen LogP contribution in [0.1, 0.15) is 19.3 Å². The van der Waals surface area contributed by atoms with Crippen molar-refractivity contribution in [2.24, 2.45) is 0 Å². The number of nitrogens with zero attached hydrogens (tertiary/aromatic N) is 1. The Hall–Kier alpha value is -3.42. The van der Waals surface area contributed by atoms with E-state index in [1.165, 1.54) is 21.3 Å². The number of piperidine rings is 1. The van der Waals surface area contributed by atoms with Crippen molar-refractivity contribution in [2.75, 3.05) is 43.4 Å². The van der Waals surface area contributed by atoms with Gasteiger partial charge in [-0.25, -0.2) is 4.79 Å². The van der Waals surface area contributed by atoms with Crippen LogP contribution in [0.2, 0.25) is 0 Å². The summed E-state index contributed by atoms with van der Waals surface area (Å²) in [4.78, 5) is 26.4. The molecule has 0 aromatic heterocycles. The Morgan fingerprint density at radius 3 is 2.24 bits per heavy atom. The summed E-state index contributed by atoms with van der Waals surface area (Å²) >= 11 is 0. The first kappa shape index (κ1) is 20.3. The molecule has 3 amide bonds. The molecule has 29 heavy (non-hydrogen) atoms. The van der Waals surface area contributed by atoms with E-state index in [9.17, 15) is 9.59 Å². The van der Waals surface area contributed by atoms with Crippen LogP contribution in [0.4, 0.5) is 21.9 Å². The number of anilines is 3. The van der Waals surface area contributed by atoms with Crippen LogP contribution in [0, 0.1) is 0 Å². The lowest BCUT2D eigenvalue weighted by atomic mass is 10.1. The smallest absolute Gasteiger partial charge is 0.323 e. The van der Waals surface area contributed by atoms with Gasteiger partial charge >= 0.3 is 6.03 Å². The van der Waals surface area contributed by atoms with Crippen molar-refractivity contribution in [3.63, 3.8) is 0 Å². The maximum absolute atomic E-state index is 12.5. The van der Waals surface area contributed by atoms with Crippen LogP contribution >= 0.6 is 0 Å². The minimum Gasteiger partial charge on any atom is -0.493 e. The molecule has 3 rings (SSSR count). The van der Waals surface area contributed by atoms with Gasteiger partial charge in [-0.15, -0.1) is 0 Å². The van der Waals surface area contributed by atoms with Crippen molar-refractivity contribution in [2.45, 2.75) is 19.3 Å². The molecule has 8 nitrogen and oxygen atoms in total. The van der Waals surface area contributed by atoms with Gasteiger partial charge in [0.2, 0.25) is 11.7 Å². The molecule has 1 aliphatic rings. The Labute approximate surface area is 169 Å². The average molecular weight is 399 g/mol. The molecule has 8 heteroatoms. The third kappa shape index (κ3) is 4.71. The first-order valence-electron chi connectivity index (χ1n) is 9.34. The van der Waals surface area contributed by atoms with E-state index in [0.717, 1.165) is 18.5 Å². The third-order valence-corrected chi connectivity index (χ3v) is 4.66. The van der Waals surface area contributed by atoms with Crippen LogP contribution in [0.25, 0.3) is 0 Å². The number of nitrogens with one attached hydrogen (secondary N) is 2. The second-order valence-corrected chi connectivity index (χ2v) is 6.55. The number of ether oxygens (including phenoxy) is 3. The van der Waals surface area contributed by atoms with Gasteiger partial charge in [-0.2, -0.15) is 0 Å². The van der Waals surface area contributed by atoms with Gasteiger partial charge in [0.15, 0.2) is 11.5 Å². The summed E-state index contributed by atoms with van der Waals surface area (Å²) in [7, 11) is 4.53. The molecular formula is C21H25N3O5. The Bertz CT molecular complexity index is 875. The van der Waals surface area contributed by atoms with Crippen LogP contribution in [0.5, 0.6) is 17.2 Å². The average Bonchev–Trinajstić information content (AvgIpc) is 2.73. The standard InChI is InChI=1S/C21H25N3O5/c1-27-17-12-15(13-18(28-2)20(17)29-3)23-21(26)22-14-7-6-8-16(11-14)24-10-5-4-9-19(24)25/h6-8,11-13H,4-5,9-10H2,1-3H3,(H2,22,23,26). The summed E-state index contributed by atoms with van der Waals surface area (Å²) in [6.07, 6.45) is 2.45. The molecule has 0 bridgehead atoms. The molecule has 2 aromatic carbocycles. The monoisotopic (exact) mass is 399 g/mol. The van der Waals surface area contributed by atoms with Crippen LogP contribution in [-0.2, 0) is 4.79 Å². The molecule has 1 saturated heterocycles. The summed E-state index contributed by atoms with van der Waals surface area (Å²) in [6.45, 7) is 0.694. The van der Waals surface area contributed by atoms with Gasteiger partial charge < -0.3 is 29.7 Å². The van der Waals surface area contributed by atoms with Crippen LogP contribution in [-0.4, -0.2) is 39.8 Å². The quantitative estimate of drug-likeness (QED) is 0.770. The van der Waals surface area contributed by atoms with Gasteiger partial charge in [0.25, 0.3) is 0 Å². The molecular weight excluding hydrogens is 374 g/mol. The summed E-state index contributed by atoms with van der Waals surface area (Å²) < 4.78 is 15.9. The van der Waals surface area contributed by atoms with E-state index in [1.54, 1.807) is 29.2 Å². The fourth-order valence-electron chi connectivity index (χ4n) is 3.28. The lowest BCUT2D eigenvalue weighted by molar-refractivity contribution is -0.119. The van der Waals surface area contributed by atoms with Crippen molar-refractivity contribution >= 4 is 29.0 Å². The molecule has 2 aromatic rings. The van der Waals surface area contributed by atoms with E-state index in [1.807, 2.05) is 12.1 Å². The second kappa shape index (κ2) is 9.18. The molecule has 1 fully saturated rings. The minimum absolute atomic E-state index is 0.107. The van der Waals surface area contributed by atoms with Gasteiger partial charge in [0, 0.05) is 36.5 Å². The van der Waals surface area contributed by atoms with Crippen molar-refractivity contribution < 1.29 is 23.8 Å². The molecule has 1 heterocycles. The van der Waals surface area contributed by atoms with E-state index < -0.39 is 6.03 Å². The number of hydrogen-bond donors (Lipinski definition) is 2. The highest BCUT2D eigenvalue weighted by atomic mass is 16.5. The van der Waals surface area contributed by atoms with Crippen LogP contribution in [0.3, 0.4) is 0 Å². The molecule has 154 valence electrons. The molecule has 0 unspecified atom stereocenters. The maximum atomic E-state index is 12.5. The molecule has 0 aliphatic carbocycles. The number of benzene rings is 2. The number of amides is 3. The van der Waals surface area contributed by atoms with Crippen molar-refractivity contribution in [1.82, 2.24) is 0 Å². The Balaban J connectivity index is 1.73. The summed E-state index contributed by atoms with van der Waals surface area (Å²) in [6, 6.07) is 10.1. The zero-order valence-corrected chi connectivity index (χ0v) is 16.8. The van der Waals surface area contributed by atoms with Gasteiger partial charge in [-0.1, -0.05) is 6.07 Å². The zero-order valence-electron chi connectivity index (χ0n) is 16.8. The molecule has 2 N–H and O–H groups in total. The summed E-state index contributed by atoms with van der Waals surface area (Å²) in [5, 5.41) is 5.54. The fourth-order valence-corrected chi connectivity index (χ4v) is 3.28. The highest BCUT2D eigenvalue weighted by Crippen LogP contribution is 2.40. The van der Waals surface area contributed by atoms with Gasteiger partial charge in [0.1, 0.15) is 0 Å². The number of carbonyl (C=O) groups excluding carboxylic acids is 2. The van der Waals surface area contributed by atoms with E-state index in [2.05, 4.69) is 10.6 Å². The second-order valence-electron chi connectivity index (χ2n) is 6.55. The third-order valence-electron chi connectivity index (χ3n) is 4.66. The highest BCUT2D eigenvalue weighted by Gasteiger charge is 2.20. The SMILES string of the molecule is COc1cc(NC(=O)Nc2cccc(N3CCCCC3=O)c2)cc(OC)c1OC. The van der Waals surface area contributed by atoms with E-state index in [4.69, 9.17) is 14.2 Å². The van der Waals surface area contributed by atoms with E-state index >= 15 is 0 Å². The molecule has 0 saturated carbocycles. The lowest BCUT2D eigenvalue weighted by Crippen LogP contribution is -2.35. The first-order chi connectivity index (χ1) is 14.0. The zero-order chi connectivity index (χ0) is 20.8. The predicted molar refractivity (Wildman–Crippen MR) is 111 cm³/mol. The van der Waals surface area contributed by atoms with Crippen molar-refractivity contribution in [3.8, 4) is 17.2 Å².